The van der Waals surface area contributed by atoms with Crippen LogP contribution in [0.2, 0.25) is 0 Å². The zero-order chi connectivity index (χ0) is 21.0. The number of ether oxygens (including phenoxy) is 1. The van der Waals surface area contributed by atoms with Gasteiger partial charge < -0.3 is 10.1 Å². The maximum absolute atomic E-state index is 12.8. The SMILES string of the molecule is CCCn1c(=O)n(CC(=O)OC(C)C(=O)Nc2ccccc2C)c2ccccc21. The van der Waals surface area contributed by atoms with Crippen LogP contribution in [0.3, 0.4) is 0 Å². The minimum Gasteiger partial charge on any atom is -0.451 e. The fraction of sp³-hybridized carbons (Fsp3) is 0.318. The van der Waals surface area contributed by atoms with Crippen LogP contribution in [0, 0.1) is 6.92 Å². The van der Waals surface area contributed by atoms with E-state index in [4.69, 9.17) is 4.74 Å². The van der Waals surface area contributed by atoms with E-state index in [1.807, 2.05) is 50.2 Å². The van der Waals surface area contributed by atoms with Gasteiger partial charge in [0.2, 0.25) is 0 Å². The molecule has 1 unspecified atom stereocenters. The summed E-state index contributed by atoms with van der Waals surface area (Å²) >= 11 is 0. The molecular weight excluding hydrogens is 370 g/mol. The lowest BCUT2D eigenvalue weighted by Gasteiger charge is -2.15. The molecule has 3 rings (SSSR count). The van der Waals surface area contributed by atoms with E-state index in [0.717, 1.165) is 17.5 Å². The molecule has 3 aromatic rings. The molecule has 0 fully saturated rings. The van der Waals surface area contributed by atoms with Crippen molar-refractivity contribution in [1.29, 1.82) is 0 Å². The topological polar surface area (TPSA) is 82.3 Å². The van der Waals surface area contributed by atoms with Gasteiger partial charge in [0.1, 0.15) is 6.54 Å². The first-order valence-corrected chi connectivity index (χ1v) is 9.66. The molecule has 2 aromatic carbocycles. The van der Waals surface area contributed by atoms with Crippen LogP contribution in [0.4, 0.5) is 5.69 Å². The summed E-state index contributed by atoms with van der Waals surface area (Å²) in [7, 11) is 0. The number of nitrogens with one attached hydrogen (secondary N) is 1. The molecule has 1 amide bonds. The molecule has 0 saturated heterocycles. The molecule has 1 N–H and O–H groups in total. The van der Waals surface area contributed by atoms with Crippen molar-refractivity contribution in [3.63, 3.8) is 0 Å². The molecule has 0 aliphatic heterocycles. The van der Waals surface area contributed by atoms with Gasteiger partial charge in [-0.1, -0.05) is 37.3 Å². The molecule has 0 aliphatic rings. The lowest BCUT2D eigenvalue weighted by Crippen LogP contribution is -2.33. The Balaban J connectivity index is 1.72. The Kier molecular flexibility index (Phi) is 6.16. The number of amides is 1. The van der Waals surface area contributed by atoms with Crippen molar-refractivity contribution in [2.24, 2.45) is 0 Å². The van der Waals surface area contributed by atoms with Crippen LogP contribution in [0.5, 0.6) is 0 Å². The highest BCUT2D eigenvalue weighted by atomic mass is 16.5. The zero-order valence-corrected chi connectivity index (χ0v) is 16.8. The minimum atomic E-state index is -0.984. The van der Waals surface area contributed by atoms with Gasteiger partial charge in [-0.2, -0.15) is 0 Å². The van der Waals surface area contributed by atoms with E-state index in [9.17, 15) is 14.4 Å². The molecule has 0 saturated carbocycles. The van der Waals surface area contributed by atoms with E-state index in [2.05, 4.69) is 5.32 Å². The average molecular weight is 395 g/mol. The van der Waals surface area contributed by atoms with E-state index in [0.29, 0.717) is 17.7 Å². The molecule has 1 atom stereocenters. The summed E-state index contributed by atoms with van der Waals surface area (Å²) in [5.41, 5.74) is 2.76. The van der Waals surface area contributed by atoms with Gasteiger partial charge in [-0.15, -0.1) is 0 Å². The van der Waals surface area contributed by atoms with Crippen molar-refractivity contribution >= 4 is 28.6 Å². The number of hydrogen-bond acceptors (Lipinski definition) is 4. The van der Waals surface area contributed by atoms with Crippen molar-refractivity contribution in [3.8, 4) is 0 Å². The number of aromatic nitrogens is 2. The fourth-order valence-corrected chi connectivity index (χ4v) is 3.23. The van der Waals surface area contributed by atoms with Crippen LogP contribution in [-0.2, 0) is 27.4 Å². The predicted octanol–water partition coefficient (Wildman–Crippen LogP) is 3.09. The third kappa shape index (κ3) is 4.39. The average Bonchev–Trinajstić information content (AvgIpc) is 2.96. The Morgan fingerprint density at radius 1 is 1.03 bits per heavy atom. The first-order valence-electron chi connectivity index (χ1n) is 9.66. The van der Waals surface area contributed by atoms with Gasteiger partial charge in [-0.25, -0.2) is 4.79 Å². The molecule has 0 spiro atoms. The molecular formula is C22H25N3O4. The largest absolute Gasteiger partial charge is 0.451 e. The van der Waals surface area contributed by atoms with Crippen LogP contribution in [0.25, 0.3) is 11.0 Å². The predicted molar refractivity (Wildman–Crippen MR) is 112 cm³/mol. The van der Waals surface area contributed by atoms with E-state index in [1.54, 1.807) is 16.7 Å². The number of nitrogens with zero attached hydrogens (tertiary/aromatic N) is 2. The van der Waals surface area contributed by atoms with Crippen molar-refractivity contribution in [3.05, 3.63) is 64.6 Å². The number of esters is 1. The number of carbonyl (C=O) groups is 2. The highest BCUT2D eigenvalue weighted by Crippen LogP contribution is 2.15. The third-order valence-corrected chi connectivity index (χ3v) is 4.74. The first kappa shape index (κ1) is 20.4. The molecule has 0 aliphatic carbocycles. The van der Waals surface area contributed by atoms with Gasteiger partial charge >= 0.3 is 11.7 Å². The maximum atomic E-state index is 12.8. The minimum absolute atomic E-state index is 0.252. The lowest BCUT2D eigenvalue weighted by atomic mass is 10.2. The molecule has 152 valence electrons. The summed E-state index contributed by atoms with van der Waals surface area (Å²) in [4.78, 5) is 37.5. The Labute approximate surface area is 168 Å². The molecule has 1 aromatic heterocycles. The van der Waals surface area contributed by atoms with Gasteiger partial charge in [0.25, 0.3) is 5.91 Å². The molecule has 7 heteroatoms. The van der Waals surface area contributed by atoms with Gasteiger partial charge in [-0.3, -0.25) is 18.7 Å². The number of benzene rings is 2. The third-order valence-electron chi connectivity index (χ3n) is 4.74. The second-order valence-electron chi connectivity index (χ2n) is 6.95. The number of hydrogen-bond donors (Lipinski definition) is 1. The lowest BCUT2D eigenvalue weighted by molar-refractivity contribution is -0.153. The van der Waals surface area contributed by atoms with Gasteiger partial charge in [0.15, 0.2) is 6.10 Å². The van der Waals surface area contributed by atoms with Gasteiger partial charge in [-0.05, 0) is 44.0 Å². The summed E-state index contributed by atoms with van der Waals surface area (Å²) < 4.78 is 8.32. The highest BCUT2D eigenvalue weighted by molar-refractivity contribution is 5.95. The second kappa shape index (κ2) is 8.77. The highest BCUT2D eigenvalue weighted by Gasteiger charge is 2.21. The maximum Gasteiger partial charge on any atom is 0.329 e. The van der Waals surface area contributed by atoms with Crippen LogP contribution in [-0.4, -0.2) is 27.1 Å². The molecule has 29 heavy (non-hydrogen) atoms. The van der Waals surface area contributed by atoms with Crippen molar-refractivity contribution < 1.29 is 14.3 Å². The molecule has 1 heterocycles. The van der Waals surface area contributed by atoms with E-state index < -0.39 is 18.0 Å². The van der Waals surface area contributed by atoms with Crippen molar-refractivity contribution in [1.82, 2.24) is 9.13 Å². The van der Waals surface area contributed by atoms with Crippen molar-refractivity contribution in [2.75, 3.05) is 5.32 Å². The smallest absolute Gasteiger partial charge is 0.329 e. The standard InChI is InChI=1S/C22H25N3O4/c1-4-13-24-18-11-7-8-12-19(18)25(22(24)28)14-20(26)29-16(3)21(27)23-17-10-6-5-9-15(17)2/h5-12,16H,4,13-14H2,1-3H3,(H,23,27). The van der Waals surface area contributed by atoms with E-state index in [-0.39, 0.29) is 12.2 Å². The Bertz CT molecular complexity index is 1100. The summed E-state index contributed by atoms with van der Waals surface area (Å²) in [6, 6.07) is 14.7. The first-order chi connectivity index (χ1) is 13.9. The van der Waals surface area contributed by atoms with Crippen LogP contribution < -0.4 is 11.0 Å². The number of rotatable bonds is 7. The van der Waals surface area contributed by atoms with Crippen LogP contribution in [0.1, 0.15) is 25.8 Å². The quantitative estimate of drug-likeness (QED) is 0.623. The molecule has 0 radical (unpaired) electrons. The number of carbonyl (C=O) groups excluding carboxylic acids is 2. The monoisotopic (exact) mass is 395 g/mol. The second-order valence-corrected chi connectivity index (χ2v) is 6.95. The molecule has 0 bridgehead atoms. The number of anilines is 1. The Morgan fingerprint density at radius 2 is 1.66 bits per heavy atom. The summed E-state index contributed by atoms with van der Waals surface area (Å²) in [6.07, 6.45) is -0.184. The van der Waals surface area contributed by atoms with E-state index >= 15 is 0 Å². The summed E-state index contributed by atoms with van der Waals surface area (Å²) in [5, 5.41) is 2.75. The molecule has 7 nitrogen and oxygen atoms in total. The van der Waals surface area contributed by atoms with Gasteiger partial charge in [0.05, 0.1) is 11.0 Å². The normalized spacial score (nSPS) is 12.0. The van der Waals surface area contributed by atoms with Crippen LogP contribution >= 0.6 is 0 Å². The van der Waals surface area contributed by atoms with Crippen LogP contribution in [0.15, 0.2) is 53.3 Å². The number of para-hydroxylation sites is 3. The van der Waals surface area contributed by atoms with Crippen molar-refractivity contribution in [2.45, 2.75) is 46.4 Å². The number of aryl methyl sites for hydroxylation is 2. The summed E-state index contributed by atoms with van der Waals surface area (Å²) in [5.74, 6) is -1.06. The number of imidazole rings is 1. The van der Waals surface area contributed by atoms with E-state index in [1.165, 1.54) is 11.5 Å². The zero-order valence-electron chi connectivity index (χ0n) is 16.8. The Morgan fingerprint density at radius 3 is 2.31 bits per heavy atom. The fourth-order valence-electron chi connectivity index (χ4n) is 3.23. The van der Waals surface area contributed by atoms with Gasteiger partial charge in [0, 0.05) is 12.2 Å². The summed E-state index contributed by atoms with van der Waals surface area (Å²) in [6.45, 7) is 5.69. The Hall–Kier alpha value is -3.35. The number of fused-ring (bicyclic) bond motifs is 1.